The van der Waals surface area contributed by atoms with Gasteiger partial charge in [-0.15, -0.1) is 0 Å². The number of hydrogen-bond donors (Lipinski definition) is 1. The van der Waals surface area contributed by atoms with Crippen molar-refractivity contribution in [3.05, 3.63) is 24.5 Å². The summed E-state index contributed by atoms with van der Waals surface area (Å²) >= 11 is 0. The molecule has 2 saturated carbocycles. The first-order valence-corrected chi connectivity index (χ1v) is 10.1. The zero-order chi connectivity index (χ0) is 19.6. The van der Waals surface area contributed by atoms with Crippen LogP contribution in [0.15, 0.2) is 24.5 Å². The van der Waals surface area contributed by atoms with E-state index in [-0.39, 0.29) is 29.6 Å². The maximum atomic E-state index is 12.9. The molecule has 2 aliphatic carbocycles. The summed E-state index contributed by atoms with van der Waals surface area (Å²) in [6.45, 7) is 4.51. The number of nitrogens with one attached hydrogen (secondary N) is 1. The summed E-state index contributed by atoms with van der Waals surface area (Å²) in [6, 6.07) is 4.74. The quantitative estimate of drug-likeness (QED) is 0.826. The zero-order valence-electron chi connectivity index (χ0n) is 16.1. The monoisotopic (exact) mass is 380 g/mol. The SMILES string of the molecule is CCn1cnc2cc(NC(=O)[C@H](C)N3C(=O)[C@H]4[C@H]5CC[C@@H](C5)[C@@H]4C3=O)ccc21. The number of carbonyl (C=O) groups excluding carboxylic acids is 3. The van der Waals surface area contributed by atoms with Crippen LogP contribution < -0.4 is 5.32 Å². The Labute approximate surface area is 163 Å². The van der Waals surface area contributed by atoms with Crippen molar-refractivity contribution in [2.75, 3.05) is 5.32 Å². The van der Waals surface area contributed by atoms with E-state index in [0.29, 0.717) is 17.5 Å². The summed E-state index contributed by atoms with van der Waals surface area (Å²) in [4.78, 5) is 44.2. The van der Waals surface area contributed by atoms with Crippen molar-refractivity contribution in [2.24, 2.45) is 23.7 Å². The number of fused-ring (bicyclic) bond motifs is 6. The molecule has 2 aromatic rings. The standard InChI is InChI=1S/C21H24N4O3/c1-3-24-10-22-15-9-14(6-7-16(15)24)23-19(26)11(2)25-20(27)17-12-4-5-13(8-12)18(17)21(25)28/h6-7,9-13,17-18H,3-5,8H2,1-2H3,(H,23,26)/t11-,12-,13-,17-,18-/m0/s1. The highest BCUT2D eigenvalue weighted by Crippen LogP contribution is 2.56. The molecule has 2 bridgehead atoms. The fourth-order valence-corrected chi connectivity index (χ4v) is 5.57. The van der Waals surface area contributed by atoms with E-state index in [4.69, 9.17) is 0 Å². The van der Waals surface area contributed by atoms with Crippen LogP contribution in [-0.4, -0.2) is 38.2 Å². The Morgan fingerprint density at radius 1 is 1.21 bits per heavy atom. The molecule has 3 amide bonds. The molecule has 0 radical (unpaired) electrons. The number of aryl methyl sites for hydroxylation is 1. The first kappa shape index (κ1) is 17.4. The van der Waals surface area contributed by atoms with Gasteiger partial charge in [-0.3, -0.25) is 19.3 Å². The second-order valence-electron chi connectivity index (χ2n) is 8.33. The van der Waals surface area contributed by atoms with Crippen molar-refractivity contribution in [3.8, 4) is 0 Å². The minimum absolute atomic E-state index is 0.151. The summed E-state index contributed by atoms with van der Waals surface area (Å²) in [5.74, 6) is -0.399. The van der Waals surface area contributed by atoms with E-state index in [1.165, 1.54) is 4.90 Å². The van der Waals surface area contributed by atoms with Crippen LogP contribution in [0.1, 0.15) is 33.1 Å². The first-order chi connectivity index (χ1) is 13.5. The topological polar surface area (TPSA) is 84.3 Å². The number of amides is 3. The fourth-order valence-electron chi connectivity index (χ4n) is 5.57. The van der Waals surface area contributed by atoms with Crippen molar-refractivity contribution >= 4 is 34.4 Å². The Morgan fingerprint density at radius 2 is 1.89 bits per heavy atom. The second-order valence-corrected chi connectivity index (χ2v) is 8.33. The minimum Gasteiger partial charge on any atom is -0.331 e. The summed E-state index contributed by atoms with van der Waals surface area (Å²) in [5.41, 5.74) is 2.42. The lowest BCUT2D eigenvalue weighted by Gasteiger charge is -2.23. The average Bonchev–Trinajstić information content (AvgIpc) is 3.44. The molecule has 0 spiro atoms. The van der Waals surface area contributed by atoms with Gasteiger partial charge < -0.3 is 9.88 Å². The summed E-state index contributed by atoms with van der Waals surface area (Å²) in [5, 5.41) is 2.85. The maximum Gasteiger partial charge on any atom is 0.247 e. The molecule has 146 valence electrons. The van der Waals surface area contributed by atoms with Crippen molar-refractivity contribution < 1.29 is 14.4 Å². The van der Waals surface area contributed by atoms with Gasteiger partial charge in [0.05, 0.1) is 29.2 Å². The summed E-state index contributed by atoms with van der Waals surface area (Å²) in [6.07, 6.45) is 4.83. The lowest BCUT2D eigenvalue weighted by atomic mass is 9.81. The van der Waals surface area contributed by atoms with Crippen molar-refractivity contribution in [2.45, 2.75) is 45.7 Å². The molecule has 3 aliphatic rings. The average molecular weight is 380 g/mol. The third-order valence-electron chi connectivity index (χ3n) is 6.96. The molecule has 2 heterocycles. The Morgan fingerprint density at radius 3 is 2.54 bits per heavy atom. The Bertz CT molecular complexity index is 969. The fraction of sp³-hybridized carbons (Fsp3) is 0.524. The number of carbonyl (C=O) groups is 3. The van der Waals surface area contributed by atoms with Gasteiger partial charge in [-0.2, -0.15) is 0 Å². The number of anilines is 1. The summed E-state index contributed by atoms with van der Waals surface area (Å²) in [7, 11) is 0. The smallest absolute Gasteiger partial charge is 0.247 e. The van der Waals surface area contributed by atoms with Crippen LogP contribution in [0.25, 0.3) is 11.0 Å². The van der Waals surface area contributed by atoms with Gasteiger partial charge in [-0.25, -0.2) is 4.98 Å². The normalized spacial score (nSPS) is 29.6. The Hall–Kier alpha value is -2.70. The molecule has 1 saturated heterocycles. The Kier molecular flexibility index (Phi) is 3.82. The van der Waals surface area contributed by atoms with Crippen LogP contribution in [0, 0.1) is 23.7 Å². The molecule has 7 nitrogen and oxygen atoms in total. The second kappa shape index (κ2) is 6.15. The highest BCUT2D eigenvalue weighted by molar-refractivity contribution is 6.10. The molecule has 1 aromatic heterocycles. The van der Waals surface area contributed by atoms with Crippen LogP contribution in [0.3, 0.4) is 0 Å². The molecule has 5 rings (SSSR count). The zero-order valence-corrected chi connectivity index (χ0v) is 16.1. The number of imidazole rings is 1. The molecular formula is C21H24N4O3. The number of imide groups is 1. The highest BCUT2D eigenvalue weighted by Gasteiger charge is 2.62. The Balaban J connectivity index is 1.34. The number of benzene rings is 1. The van der Waals surface area contributed by atoms with E-state index in [1.54, 1.807) is 13.3 Å². The van der Waals surface area contributed by atoms with Crippen LogP contribution in [-0.2, 0) is 20.9 Å². The van der Waals surface area contributed by atoms with E-state index >= 15 is 0 Å². The molecule has 7 heteroatoms. The number of nitrogens with zero attached hydrogens (tertiary/aromatic N) is 3. The molecule has 1 N–H and O–H groups in total. The number of rotatable bonds is 4. The molecule has 3 fully saturated rings. The first-order valence-electron chi connectivity index (χ1n) is 10.1. The third kappa shape index (κ3) is 2.34. The van der Waals surface area contributed by atoms with Crippen LogP contribution in [0.5, 0.6) is 0 Å². The predicted molar refractivity (Wildman–Crippen MR) is 103 cm³/mol. The molecule has 28 heavy (non-hydrogen) atoms. The predicted octanol–water partition coefficient (Wildman–Crippen LogP) is 2.41. The lowest BCUT2D eigenvalue weighted by molar-refractivity contribution is -0.146. The van der Waals surface area contributed by atoms with Crippen LogP contribution in [0.2, 0.25) is 0 Å². The van der Waals surface area contributed by atoms with Crippen molar-refractivity contribution in [1.29, 1.82) is 0 Å². The van der Waals surface area contributed by atoms with Crippen molar-refractivity contribution in [3.63, 3.8) is 0 Å². The molecule has 0 unspecified atom stereocenters. The van der Waals surface area contributed by atoms with Gasteiger partial charge in [0.25, 0.3) is 0 Å². The van der Waals surface area contributed by atoms with E-state index in [9.17, 15) is 14.4 Å². The maximum absolute atomic E-state index is 12.9. The van der Waals surface area contributed by atoms with Gasteiger partial charge >= 0.3 is 0 Å². The van der Waals surface area contributed by atoms with Gasteiger partial charge in [0.2, 0.25) is 17.7 Å². The van der Waals surface area contributed by atoms with E-state index < -0.39 is 6.04 Å². The minimum atomic E-state index is -0.811. The molecule has 5 atom stereocenters. The largest absolute Gasteiger partial charge is 0.331 e. The number of hydrogen-bond acceptors (Lipinski definition) is 4. The van der Waals surface area contributed by atoms with E-state index in [1.807, 2.05) is 29.7 Å². The molecule has 1 aliphatic heterocycles. The van der Waals surface area contributed by atoms with Crippen LogP contribution in [0.4, 0.5) is 5.69 Å². The van der Waals surface area contributed by atoms with Crippen LogP contribution >= 0.6 is 0 Å². The molecular weight excluding hydrogens is 356 g/mol. The van der Waals surface area contributed by atoms with Gasteiger partial charge in [0.15, 0.2) is 0 Å². The number of likely N-dealkylation sites (tertiary alicyclic amines) is 1. The third-order valence-corrected chi connectivity index (χ3v) is 6.96. The highest BCUT2D eigenvalue weighted by atomic mass is 16.2. The van der Waals surface area contributed by atoms with Gasteiger partial charge in [0, 0.05) is 12.2 Å². The lowest BCUT2D eigenvalue weighted by Crippen LogP contribution is -2.46. The van der Waals surface area contributed by atoms with Gasteiger partial charge in [-0.05, 0) is 63.1 Å². The van der Waals surface area contributed by atoms with Gasteiger partial charge in [-0.1, -0.05) is 0 Å². The van der Waals surface area contributed by atoms with Crippen molar-refractivity contribution in [1.82, 2.24) is 14.5 Å². The summed E-state index contributed by atoms with van der Waals surface area (Å²) < 4.78 is 2.03. The van der Waals surface area contributed by atoms with Gasteiger partial charge in [0.1, 0.15) is 6.04 Å². The molecule has 1 aromatic carbocycles. The van der Waals surface area contributed by atoms with E-state index in [0.717, 1.165) is 36.8 Å². The number of aromatic nitrogens is 2. The van der Waals surface area contributed by atoms with E-state index in [2.05, 4.69) is 10.3 Å².